The van der Waals surface area contributed by atoms with E-state index in [4.69, 9.17) is 0 Å². The first kappa shape index (κ1) is 15.6. The molecule has 0 heterocycles. The molecule has 1 amide bonds. The molecule has 2 rings (SSSR count). The normalized spacial score (nSPS) is 12.0. The molecule has 0 radical (unpaired) electrons. The number of thioether (sulfide) groups is 1. The lowest BCUT2D eigenvalue weighted by atomic mass is 10.1. The van der Waals surface area contributed by atoms with Gasteiger partial charge in [0.2, 0.25) is 5.91 Å². The van der Waals surface area contributed by atoms with Crippen LogP contribution < -0.4 is 5.32 Å². The molecule has 2 aromatic rings. The zero-order valence-corrected chi connectivity index (χ0v) is 13.5. The maximum absolute atomic E-state index is 12.0. The Morgan fingerprint density at radius 1 is 1.10 bits per heavy atom. The van der Waals surface area contributed by atoms with Crippen molar-refractivity contribution in [2.75, 3.05) is 11.1 Å². The van der Waals surface area contributed by atoms with Crippen molar-refractivity contribution in [1.29, 1.82) is 0 Å². The Morgan fingerprint density at radius 2 is 1.71 bits per heavy atom. The van der Waals surface area contributed by atoms with Gasteiger partial charge in [-0.15, -0.1) is 11.8 Å². The monoisotopic (exact) mass is 299 g/mol. The fourth-order valence-corrected chi connectivity index (χ4v) is 3.09. The quantitative estimate of drug-likeness (QED) is 0.864. The van der Waals surface area contributed by atoms with Crippen molar-refractivity contribution in [2.24, 2.45) is 0 Å². The van der Waals surface area contributed by atoms with Crippen LogP contribution in [0.2, 0.25) is 0 Å². The first-order chi connectivity index (χ1) is 10.0. The number of hydrogen-bond donors (Lipinski definition) is 1. The summed E-state index contributed by atoms with van der Waals surface area (Å²) in [5.41, 5.74) is 4.46. The number of benzene rings is 2. The molecule has 0 aliphatic rings. The molecule has 0 fully saturated rings. The zero-order valence-electron chi connectivity index (χ0n) is 12.7. The molecule has 2 nitrogen and oxygen atoms in total. The van der Waals surface area contributed by atoms with Gasteiger partial charge in [0.25, 0.3) is 0 Å². The molecule has 0 saturated heterocycles. The van der Waals surface area contributed by atoms with Crippen molar-refractivity contribution in [3.05, 3.63) is 65.2 Å². The number of hydrogen-bond acceptors (Lipinski definition) is 2. The molecular formula is C18H21NOS. The van der Waals surface area contributed by atoms with Gasteiger partial charge < -0.3 is 5.32 Å². The molecule has 0 aromatic heterocycles. The van der Waals surface area contributed by atoms with Crippen molar-refractivity contribution in [3.63, 3.8) is 0 Å². The average molecular weight is 299 g/mol. The third kappa shape index (κ3) is 4.94. The van der Waals surface area contributed by atoms with Crippen LogP contribution in [0.15, 0.2) is 48.5 Å². The van der Waals surface area contributed by atoms with E-state index in [1.54, 1.807) is 11.8 Å². The van der Waals surface area contributed by atoms with Gasteiger partial charge in [0.1, 0.15) is 0 Å². The Labute approximate surface area is 131 Å². The number of nitrogens with one attached hydrogen (secondary N) is 1. The fourth-order valence-electron chi connectivity index (χ4n) is 2.26. The largest absolute Gasteiger partial charge is 0.325 e. The predicted octanol–water partition coefficient (Wildman–Crippen LogP) is 4.74. The number of aryl methyl sites for hydroxylation is 2. The van der Waals surface area contributed by atoms with Crippen LogP contribution in [-0.2, 0) is 4.79 Å². The summed E-state index contributed by atoms with van der Waals surface area (Å²) < 4.78 is 0. The minimum absolute atomic E-state index is 0.0489. The van der Waals surface area contributed by atoms with Crippen LogP contribution in [0.25, 0.3) is 0 Å². The molecule has 0 unspecified atom stereocenters. The third-order valence-electron chi connectivity index (χ3n) is 3.24. The van der Waals surface area contributed by atoms with E-state index < -0.39 is 0 Å². The van der Waals surface area contributed by atoms with E-state index in [1.165, 1.54) is 5.56 Å². The lowest BCUT2D eigenvalue weighted by Crippen LogP contribution is -2.14. The minimum Gasteiger partial charge on any atom is -0.325 e. The van der Waals surface area contributed by atoms with Crippen LogP contribution >= 0.6 is 11.8 Å². The van der Waals surface area contributed by atoms with Crippen molar-refractivity contribution < 1.29 is 4.79 Å². The summed E-state index contributed by atoms with van der Waals surface area (Å²) in [4.78, 5) is 12.0. The number of carbonyl (C=O) groups excluding carboxylic acids is 1. The summed E-state index contributed by atoms with van der Waals surface area (Å²) in [5.74, 6) is 0.510. The standard InChI is InChI=1S/C18H21NOS/c1-13-9-14(2)11-17(10-13)19-18(20)12-21-15(3)16-7-5-4-6-8-16/h4-11,15H,12H2,1-3H3,(H,19,20)/t15-/m0/s1. The molecule has 1 atom stereocenters. The SMILES string of the molecule is Cc1cc(C)cc(NC(=O)CS[C@@H](C)c2ccccc2)c1. The number of carbonyl (C=O) groups is 1. The lowest BCUT2D eigenvalue weighted by Gasteiger charge is -2.12. The fraction of sp³-hybridized carbons (Fsp3) is 0.278. The first-order valence-electron chi connectivity index (χ1n) is 7.09. The van der Waals surface area contributed by atoms with Crippen LogP contribution in [0.5, 0.6) is 0 Å². The summed E-state index contributed by atoms with van der Waals surface area (Å²) in [6.07, 6.45) is 0. The number of rotatable bonds is 5. The molecule has 0 spiro atoms. The van der Waals surface area contributed by atoms with Crippen LogP contribution in [0.3, 0.4) is 0 Å². The Bertz CT molecular complexity index is 590. The van der Waals surface area contributed by atoms with E-state index in [0.717, 1.165) is 16.8 Å². The maximum Gasteiger partial charge on any atom is 0.234 e. The van der Waals surface area contributed by atoms with Crippen LogP contribution in [0.1, 0.15) is 28.9 Å². The molecule has 0 aliphatic heterocycles. The Hall–Kier alpha value is -1.74. The van der Waals surface area contributed by atoms with Gasteiger partial charge in [-0.1, -0.05) is 36.4 Å². The molecule has 1 N–H and O–H groups in total. The van der Waals surface area contributed by atoms with Gasteiger partial charge in [0.15, 0.2) is 0 Å². The number of amides is 1. The van der Waals surface area contributed by atoms with Gasteiger partial charge in [-0.2, -0.15) is 0 Å². The van der Waals surface area contributed by atoms with Gasteiger partial charge in [-0.25, -0.2) is 0 Å². The smallest absolute Gasteiger partial charge is 0.234 e. The lowest BCUT2D eigenvalue weighted by molar-refractivity contribution is -0.113. The highest BCUT2D eigenvalue weighted by molar-refractivity contribution is 8.00. The minimum atomic E-state index is 0.0489. The Balaban J connectivity index is 1.87. The first-order valence-corrected chi connectivity index (χ1v) is 8.14. The Kier molecular flexibility index (Phi) is 5.45. The molecule has 0 saturated carbocycles. The summed E-state index contributed by atoms with van der Waals surface area (Å²) >= 11 is 1.65. The Morgan fingerprint density at radius 3 is 2.33 bits per heavy atom. The van der Waals surface area contributed by atoms with Gasteiger partial charge in [-0.3, -0.25) is 4.79 Å². The van der Waals surface area contributed by atoms with E-state index in [9.17, 15) is 4.79 Å². The topological polar surface area (TPSA) is 29.1 Å². The van der Waals surface area contributed by atoms with E-state index >= 15 is 0 Å². The molecular weight excluding hydrogens is 278 g/mol. The maximum atomic E-state index is 12.0. The van der Waals surface area contributed by atoms with Crippen molar-refractivity contribution in [1.82, 2.24) is 0 Å². The van der Waals surface area contributed by atoms with E-state index in [1.807, 2.05) is 44.2 Å². The summed E-state index contributed by atoms with van der Waals surface area (Å²) in [7, 11) is 0. The highest BCUT2D eigenvalue weighted by atomic mass is 32.2. The second-order valence-electron chi connectivity index (χ2n) is 5.29. The van der Waals surface area contributed by atoms with E-state index in [-0.39, 0.29) is 5.91 Å². The number of anilines is 1. The summed E-state index contributed by atoms with van der Waals surface area (Å²) in [5, 5.41) is 3.29. The molecule has 3 heteroatoms. The molecule has 2 aromatic carbocycles. The predicted molar refractivity (Wildman–Crippen MR) is 91.9 cm³/mol. The van der Waals surface area contributed by atoms with Crippen molar-refractivity contribution >= 4 is 23.4 Å². The van der Waals surface area contributed by atoms with Crippen molar-refractivity contribution in [3.8, 4) is 0 Å². The van der Waals surface area contributed by atoms with Gasteiger partial charge >= 0.3 is 0 Å². The van der Waals surface area contributed by atoms with Gasteiger partial charge in [0.05, 0.1) is 5.75 Å². The molecule has 21 heavy (non-hydrogen) atoms. The van der Waals surface area contributed by atoms with E-state index in [2.05, 4.69) is 30.4 Å². The second kappa shape index (κ2) is 7.32. The van der Waals surface area contributed by atoms with Crippen LogP contribution in [0.4, 0.5) is 5.69 Å². The third-order valence-corrected chi connectivity index (χ3v) is 4.44. The molecule has 0 aliphatic carbocycles. The van der Waals surface area contributed by atoms with Crippen LogP contribution in [0, 0.1) is 13.8 Å². The molecule has 0 bridgehead atoms. The molecule has 110 valence electrons. The summed E-state index contributed by atoms with van der Waals surface area (Å²) in [6.45, 7) is 6.20. The average Bonchev–Trinajstić information content (AvgIpc) is 2.44. The summed E-state index contributed by atoms with van der Waals surface area (Å²) in [6, 6.07) is 16.4. The zero-order chi connectivity index (χ0) is 15.2. The van der Waals surface area contributed by atoms with Gasteiger partial charge in [0, 0.05) is 10.9 Å². The highest BCUT2D eigenvalue weighted by Gasteiger charge is 2.09. The highest BCUT2D eigenvalue weighted by Crippen LogP contribution is 2.27. The van der Waals surface area contributed by atoms with Crippen molar-refractivity contribution in [2.45, 2.75) is 26.0 Å². The van der Waals surface area contributed by atoms with Gasteiger partial charge in [-0.05, 0) is 49.6 Å². The van der Waals surface area contributed by atoms with Crippen LogP contribution in [-0.4, -0.2) is 11.7 Å². The van der Waals surface area contributed by atoms with E-state index in [0.29, 0.717) is 11.0 Å². The second-order valence-corrected chi connectivity index (χ2v) is 6.62.